The molecule has 102 valence electrons. The van der Waals surface area contributed by atoms with E-state index in [9.17, 15) is 0 Å². The van der Waals surface area contributed by atoms with Crippen LogP contribution in [0.5, 0.6) is 0 Å². The minimum atomic E-state index is 0.572. The van der Waals surface area contributed by atoms with Gasteiger partial charge in [-0.3, -0.25) is 9.88 Å². The molecule has 1 aromatic heterocycles. The number of pyridine rings is 1. The van der Waals surface area contributed by atoms with Crippen LogP contribution in [0.1, 0.15) is 32.8 Å². The van der Waals surface area contributed by atoms with Gasteiger partial charge in [-0.05, 0) is 57.1 Å². The molecule has 1 rings (SSSR count). The van der Waals surface area contributed by atoms with Crippen LogP contribution in [-0.4, -0.2) is 36.1 Å². The van der Waals surface area contributed by atoms with Crippen LogP contribution in [0.25, 0.3) is 0 Å². The summed E-state index contributed by atoms with van der Waals surface area (Å²) < 4.78 is 0. The van der Waals surface area contributed by atoms with Crippen molar-refractivity contribution in [3.8, 4) is 0 Å². The summed E-state index contributed by atoms with van der Waals surface area (Å²) in [6.07, 6.45) is 4.92. The van der Waals surface area contributed by atoms with E-state index in [0.717, 1.165) is 19.6 Å². The standard InChI is InChI=1S/C15H27N3/c1-5-8-17-11-13(2)14(3)18(4)12-15-6-9-16-10-7-15/h6-7,9-10,13-14,17H,5,8,11-12H2,1-4H3. The first-order valence-electron chi connectivity index (χ1n) is 6.95. The number of nitrogens with zero attached hydrogens (tertiary/aromatic N) is 2. The molecule has 1 aromatic rings. The maximum atomic E-state index is 4.05. The average molecular weight is 249 g/mol. The quantitative estimate of drug-likeness (QED) is 0.718. The first-order chi connectivity index (χ1) is 8.65. The van der Waals surface area contributed by atoms with Gasteiger partial charge in [0, 0.05) is 25.0 Å². The van der Waals surface area contributed by atoms with E-state index in [2.05, 4.69) is 55.2 Å². The average Bonchev–Trinajstić information content (AvgIpc) is 2.39. The van der Waals surface area contributed by atoms with Gasteiger partial charge in [0.05, 0.1) is 0 Å². The second kappa shape index (κ2) is 8.22. The Hall–Kier alpha value is -0.930. The highest BCUT2D eigenvalue weighted by atomic mass is 15.1. The molecule has 2 atom stereocenters. The lowest BCUT2D eigenvalue weighted by Gasteiger charge is -2.30. The number of nitrogens with one attached hydrogen (secondary N) is 1. The molecule has 3 nitrogen and oxygen atoms in total. The topological polar surface area (TPSA) is 28.2 Å². The number of aromatic nitrogens is 1. The molecule has 0 bridgehead atoms. The van der Waals surface area contributed by atoms with Gasteiger partial charge in [0.1, 0.15) is 0 Å². The van der Waals surface area contributed by atoms with Gasteiger partial charge in [0.25, 0.3) is 0 Å². The molecule has 0 amide bonds. The van der Waals surface area contributed by atoms with Crippen LogP contribution in [0.15, 0.2) is 24.5 Å². The third-order valence-electron chi connectivity index (χ3n) is 3.59. The van der Waals surface area contributed by atoms with Crippen molar-refractivity contribution < 1.29 is 0 Å². The van der Waals surface area contributed by atoms with Crippen molar-refractivity contribution in [3.05, 3.63) is 30.1 Å². The summed E-state index contributed by atoms with van der Waals surface area (Å²) in [5.74, 6) is 0.656. The summed E-state index contributed by atoms with van der Waals surface area (Å²) in [6, 6.07) is 4.74. The summed E-state index contributed by atoms with van der Waals surface area (Å²) >= 11 is 0. The van der Waals surface area contributed by atoms with Crippen LogP contribution in [0, 0.1) is 5.92 Å². The van der Waals surface area contributed by atoms with E-state index >= 15 is 0 Å². The Morgan fingerprint density at radius 1 is 1.28 bits per heavy atom. The van der Waals surface area contributed by atoms with E-state index in [1.807, 2.05) is 12.4 Å². The Balaban J connectivity index is 2.38. The Morgan fingerprint density at radius 3 is 2.56 bits per heavy atom. The Bertz CT molecular complexity index is 313. The molecule has 2 unspecified atom stereocenters. The summed E-state index contributed by atoms with van der Waals surface area (Å²) in [6.45, 7) is 10.0. The fourth-order valence-corrected chi connectivity index (χ4v) is 2.03. The first-order valence-corrected chi connectivity index (χ1v) is 6.95. The predicted molar refractivity (Wildman–Crippen MR) is 77.5 cm³/mol. The second-order valence-corrected chi connectivity index (χ2v) is 5.19. The third kappa shape index (κ3) is 5.15. The van der Waals surface area contributed by atoms with Gasteiger partial charge in [-0.15, -0.1) is 0 Å². The molecule has 1 N–H and O–H groups in total. The number of hydrogen-bond donors (Lipinski definition) is 1. The van der Waals surface area contributed by atoms with Gasteiger partial charge < -0.3 is 5.32 Å². The van der Waals surface area contributed by atoms with Crippen molar-refractivity contribution in [1.29, 1.82) is 0 Å². The minimum absolute atomic E-state index is 0.572. The largest absolute Gasteiger partial charge is 0.316 e. The highest BCUT2D eigenvalue weighted by Crippen LogP contribution is 2.12. The maximum absolute atomic E-state index is 4.05. The maximum Gasteiger partial charge on any atom is 0.0271 e. The highest BCUT2D eigenvalue weighted by molar-refractivity contribution is 5.09. The summed E-state index contributed by atoms with van der Waals surface area (Å²) in [5.41, 5.74) is 1.33. The zero-order valence-electron chi connectivity index (χ0n) is 12.2. The number of hydrogen-bond acceptors (Lipinski definition) is 3. The second-order valence-electron chi connectivity index (χ2n) is 5.19. The highest BCUT2D eigenvalue weighted by Gasteiger charge is 2.16. The van der Waals surface area contributed by atoms with Crippen molar-refractivity contribution in [1.82, 2.24) is 15.2 Å². The Morgan fingerprint density at radius 2 is 1.94 bits per heavy atom. The van der Waals surface area contributed by atoms with Crippen molar-refractivity contribution in [3.63, 3.8) is 0 Å². The fraction of sp³-hybridized carbons (Fsp3) is 0.667. The van der Waals surface area contributed by atoms with Crippen LogP contribution in [0.2, 0.25) is 0 Å². The van der Waals surface area contributed by atoms with Gasteiger partial charge in [-0.2, -0.15) is 0 Å². The summed E-state index contributed by atoms with van der Waals surface area (Å²) in [7, 11) is 2.20. The molecule has 0 fully saturated rings. The molecule has 0 aliphatic heterocycles. The molecular formula is C15H27N3. The van der Waals surface area contributed by atoms with Crippen LogP contribution in [0.3, 0.4) is 0 Å². The minimum Gasteiger partial charge on any atom is -0.316 e. The Labute approximate surface area is 112 Å². The van der Waals surface area contributed by atoms with Gasteiger partial charge in [0.15, 0.2) is 0 Å². The molecule has 0 saturated heterocycles. The predicted octanol–water partition coefficient (Wildman–Crippen LogP) is 2.54. The third-order valence-corrected chi connectivity index (χ3v) is 3.59. The monoisotopic (exact) mass is 249 g/mol. The van der Waals surface area contributed by atoms with Crippen LogP contribution < -0.4 is 5.32 Å². The van der Waals surface area contributed by atoms with E-state index in [0.29, 0.717) is 12.0 Å². The zero-order valence-corrected chi connectivity index (χ0v) is 12.2. The van der Waals surface area contributed by atoms with Gasteiger partial charge in [0.2, 0.25) is 0 Å². The van der Waals surface area contributed by atoms with Gasteiger partial charge in [-0.25, -0.2) is 0 Å². The Kier molecular flexibility index (Phi) is 6.91. The molecule has 0 spiro atoms. The first kappa shape index (κ1) is 15.1. The molecule has 18 heavy (non-hydrogen) atoms. The van der Waals surface area contributed by atoms with Crippen molar-refractivity contribution in [2.75, 3.05) is 20.1 Å². The summed E-state index contributed by atoms with van der Waals surface area (Å²) in [4.78, 5) is 6.46. The molecule has 0 aliphatic carbocycles. The lowest BCUT2D eigenvalue weighted by molar-refractivity contribution is 0.189. The van der Waals surface area contributed by atoms with Crippen LogP contribution >= 0.6 is 0 Å². The van der Waals surface area contributed by atoms with Crippen molar-refractivity contribution >= 4 is 0 Å². The lowest BCUT2D eigenvalue weighted by atomic mass is 10.0. The molecule has 1 heterocycles. The molecule has 0 aliphatic rings. The van der Waals surface area contributed by atoms with Crippen molar-refractivity contribution in [2.45, 2.75) is 39.8 Å². The molecule has 0 saturated carbocycles. The zero-order chi connectivity index (χ0) is 13.4. The van der Waals surface area contributed by atoms with Gasteiger partial charge in [-0.1, -0.05) is 13.8 Å². The molecule has 3 heteroatoms. The molecule has 0 radical (unpaired) electrons. The van der Waals surface area contributed by atoms with Crippen LogP contribution in [0.4, 0.5) is 0 Å². The molecular weight excluding hydrogens is 222 g/mol. The normalized spacial score (nSPS) is 14.7. The van der Waals surface area contributed by atoms with Crippen LogP contribution in [-0.2, 0) is 6.54 Å². The van der Waals surface area contributed by atoms with E-state index in [-0.39, 0.29) is 0 Å². The summed E-state index contributed by atoms with van der Waals surface area (Å²) in [5, 5.41) is 3.50. The smallest absolute Gasteiger partial charge is 0.0271 e. The van der Waals surface area contributed by atoms with E-state index in [1.54, 1.807) is 0 Å². The molecule has 0 aromatic carbocycles. The van der Waals surface area contributed by atoms with E-state index in [1.165, 1.54) is 12.0 Å². The SMILES string of the molecule is CCCNCC(C)C(C)N(C)Cc1ccncc1. The van der Waals surface area contributed by atoms with E-state index in [4.69, 9.17) is 0 Å². The lowest BCUT2D eigenvalue weighted by Crippen LogP contribution is -2.38. The fourth-order valence-electron chi connectivity index (χ4n) is 2.03. The van der Waals surface area contributed by atoms with E-state index < -0.39 is 0 Å². The number of rotatable bonds is 8. The van der Waals surface area contributed by atoms with Gasteiger partial charge >= 0.3 is 0 Å². The van der Waals surface area contributed by atoms with Crippen molar-refractivity contribution in [2.24, 2.45) is 5.92 Å².